The van der Waals surface area contributed by atoms with Crippen LogP contribution >= 0.6 is 0 Å². The summed E-state index contributed by atoms with van der Waals surface area (Å²) >= 11 is 0. The number of aromatic nitrogens is 3. The molecule has 3 aromatic rings. The lowest BCUT2D eigenvalue weighted by atomic mass is 10.3. The van der Waals surface area contributed by atoms with Gasteiger partial charge in [-0.15, -0.1) is 0 Å². The average molecular weight is 297 g/mol. The van der Waals surface area contributed by atoms with Gasteiger partial charge in [0.2, 0.25) is 5.82 Å². The molecule has 0 saturated carbocycles. The second-order valence-electron chi connectivity index (χ2n) is 4.63. The number of rotatable bonds is 5. The maximum atomic E-state index is 5.78. The Morgan fingerprint density at radius 2 is 1.86 bits per heavy atom. The predicted molar refractivity (Wildman–Crippen MR) is 79.6 cm³/mol. The van der Waals surface area contributed by atoms with Crippen molar-refractivity contribution in [3.8, 4) is 22.9 Å². The van der Waals surface area contributed by atoms with Crippen molar-refractivity contribution in [1.82, 2.24) is 15.1 Å². The summed E-state index contributed by atoms with van der Waals surface area (Å²) < 4.78 is 16.1. The smallest absolute Gasteiger partial charge is 0.267 e. The normalized spacial score (nSPS) is 11.9. The van der Waals surface area contributed by atoms with Crippen LogP contribution in [-0.2, 0) is 0 Å². The highest BCUT2D eigenvalue weighted by Crippen LogP contribution is 2.24. The standard InChI is InChI=1S/C16H15N3O3/c1-11(21-14-7-5-13(20-2)6-8-14)16-18-15(19-22-16)12-4-3-9-17-10-12/h3-11H,1-2H3. The summed E-state index contributed by atoms with van der Waals surface area (Å²) in [6, 6.07) is 11.0. The molecule has 2 aromatic heterocycles. The third-order valence-electron chi connectivity index (χ3n) is 3.08. The molecule has 0 amide bonds. The summed E-state index contributed by atoms with van der Waals surface area (Å²) in [6.45, 7) is 1.85. The lowest BCUT2D eigenvalue weighted by molar-refractivity contribution is 0.175. The molecule has 0 aliphatic carbocycles. The zero-order valence-corrected chi connectivity index (χ0v) is 12.3. The summed E-state index contributed by atoms with van der Waals surface area (Å²) in [4.78, 5) is 8.38. The van der Waals surface area contributed by atoms with Crippen LogP contribution in [0.1, 0.15) is 18.9 Å². The lowest BCUT2D eigenvalue weighted by Crippen LogP contribution is -2.03. The molecule has 1 atom stereocenters. The van der Waals surface area contributed by atoms with Crippen molar-refractivity contribution in [2.75, 3.05) is 7.11 Å². The van der Waals surface area contributed by atoms with Crippen molar-refractivity contribution in [3.05, 3.63) is 54.7 Å². The Labute approximate surface area is 127 Å². The first-order valence-corrected chi connectivity index (χ1v) is 6.81. The van der Waals surface area contributed by atoms with Gasteiger partial charge in [-0.1, -0.05) is 5.16 Å². The van der Waals surface area contributed by atoms with Gasteiger partial charge in [0.15, 0.2) is 6.10 Å². The second kappa shape index (κ2) is 6.26. The molecule has 0 spiro atoms. The Morgan fingerprint density at radius 1 is 1.09 bits per heavy atom. The first-order valence-electron chi connectivity index (χ1n) is 6.81. The topological polar surface area (TPSA) is 70.3 Å². The summed E-state index contributed by atoms with van der Waals surface area (Å²) in [5.74, 6) is 2.38. The van der Waals surface area contributed by atoms with Gasteiger partial charge in [-0.05, 0) is 43.3 Å². The lowest BCUT2D eigenvalue weighted by Gasteiger charge is -2.10. The third-order valence-corrected chi connectivity index (χ3v) is 3.08. The van der Waals surface area contributed by atoms with E-state index in [1.807, 2.05) is 43.3 Å². The van der Waals surface area contributed by atoms with Gasteiger partial charge in [0.1, 0.15) is 11.5 Å². The van der Waals surface area contributed by atoms with Crippen LogP contribution in [0.15, 0.2) is 53.3 Å². The Kier molecular flexibility index (Phi) is 4.00. The Balaban J connectivity index is 1.72. The first-order chi connectivity index (χ1) is 10.8. The molecule has 112 valence electrons. The summed E-state index contributed by atoms with van der Waals surface area (Å²) in [6.07, 6.45) is 3.02. The van der Waals surface area contributed by atoms with Crippen LogP contribution in [0.5, 0.6) is 11.5 Å². The molecule has 6 heteroatoms. The molecular weight excluding hydrogens is 282 g/mol. The third kappa shape index (κ3) is 3.06. The fourth-order valence-electron chi connectivity index (χ4n) is 1.92. The van der Waals surface area contributed by atoms with E-state index in [0.29, 0.717) is 17.5 Å². The largest absolute Gasteiger partial charge is 0.497 e. The van der Waals surface area contributed by atoms with Crippen LogP contribution in [0, 0.1) is 0 Å². The predicted octanol–water partition coefficient (Wildman–Crippen LogP) is 3.28. The molecule has 3 rings (SSSR count). The van der Waals surface area contributed by atoms with Gasteiger partial charge < -0.3 is 14.0 Å². The van der Waals surface area contributed by atoms with Gasteiger partial charge in [-0.25, -0.2) is 0 Å². The van der Waals surface area contributed by atoms with Crippen molar-refractivity contribution in [1.29, 1.82) is 0 Å². The maximum absolute atomic E-state index is 5.78. The number of ether oxygens (including phenoxy) is 2. The molecule has 1 aromatic carbocycles. The molecular formula is C16H15N3O3. The summed E-state index contributed by atoms with van der Waals surface area (Å²) in [5, 5.41) is 3.95. The maximum Gasteiger partial charge on any atom is 0.267 e. The van der Waals surface area contributed by atoms with Crippen molar-refractivity contribution < 1.29 is 14.0 Å². The molecule has 6 nitrogen and oxygen atoms in total. The number of methoxy groups -OCH3 is 1. The van der Waals surface area contributed by atoms with Crippen LogP contribution in [0.2, 0.25) is 0 Å². The minimum absolute atomic E-state index is 0.355. The highest BCUT2D eigenvalue weighted by Gasteiger charge is 2.17. The van der Waals surface area contributed by atoms with E-state index in [2.05, 4.69) is 15.1 Å². The number of nitrogens with zero attached hydrogens (tertiary/aromatic N) is 3. The highest BCUT2D eigenvalue weighted by molar-refractivity contribution is 5.51. The van der Waals surface area contributed by atoms with Crippen molar-refractivity contribution >= 4 is 0 Å². The SMILES string of the molecule is COc1ccc(OC(C)c2nc(-c3cccnc3)no2)cc1. The van der Waals surface area contributed by atoms with E-state index in [4.69, 9.17) is 14.0 Å². The Morgan fingerprint density at radius 3 is 2.55 bits per heavy atom. The van der Waals surface area contributed by atoms with Crippen LogP contribution in [0.25, 0.3) is 11.4 Å². The molecule has 0 N–H and O–H groups in total. The summed E-state index contributed by atoms with van der Waals surface area (Å²) in [5.41, 5.74) is 0.800. The average Bonchev–Trinajstić information content (AvgIpc) is 3.06. The van der Waals surface area contributed by atoms with Crippen LogP contribution in [0.4, 0.5) is 0 Å². The van der Waals surface area contributed by atoms with E-state index < -0.39 is 0 Å². The molecule has 0 radical (unpaired) electrons. The number of benzene rings is 1. The van der Waals surface area contributed by atoms with Gasteiger partial charge in [-0.3, -0.25) is 4.98 Å². The van der Waals surface area contributed by atoms with Gasteiger partial charge in [0.05, 0.1) is 7.11 Å². The zero-order valence-electron chi connectivity index (χ0n) is 12.3. The van der Waals surface area contributed by atoms with Gasteiger partial charge in [0.25, 0.3) is 5.89 Å². The monoisotopic (exact) mass is 297 g/mol. The molecule has 0 aliphatic heterocycles. The zero-order chi connectivity index (χ0) is 15.4. The van der Waals surface area contributed by atoms with Crippen LogP contribution < -0.4 is 9.47 Å². The van der Waals surface area contributed by atoms with E-state index in [1.165, 1.54) is 0 Å². The van der Waals surface area contributed by atoms with E-state index >= 15 is 0 Å². The highest BCUT2D eigenvalue weighted by atomic mass is 16.5. The summed E-state index contributed by atoms with van der Waals surface area (Å²) in [7, 11) is 1.62. The van der Waals surface area contributed by atoms with Crippen molar-refractivity contribution in [2.24, 2.45) is 0 Å². The van der Waals surface area contributed by atoms with E-state index in [1.54, 1.807) is 19.5 Å². The van der Waals surface area contributed by atoms with E-state index in [0.717, 1.165) is 11.3 Å². The molecule has 0 fully saturated rings. The fraction of sp³-hybridized carbons (Fsp3) is 0.188. The molecule has 1 unspecified atom stereocenters. The van der Waals surface area contributed by atoms with Crippen LogP contribution in [0.3, 0.4) is 0 Å². The second-order valence-corrected chi connectivity index (χ2v) is 4.63. The van der Waals surface area contributed by atoms with E-state index in [9.17, 15) is 0 Å². The molecule has 0 saturated heterocycles. The number of hydrogen-bond donors (Lipinski definition) is 0. The molecule has 0 aliphatic rings. The first kappa shape index (κ1) is 14.1. The van der Waals surface area contributed by atoms with Gasteiger partial charge in [0, 0.05) is 18.0 Å². The number of hydrogen-bond acceptors (Lipinski definition) is 6. The van der Waals surface area contributed by atoms with Crippen LogP contribution in [-0.4, -0.2) is 22.2 Å². The molecule has 0 bridgehead atoms. The molecule has 22 heavy (non-hydrogen) atoms. The molecule has 2 heterocycles. The minimum atomic E-state index is -0.355. The quantitative estimate of drug-likeness (QED) is 0.719. The fourth-order valence-corrected chi connectivity index (χ4v) is 1.92. The van der Waals surface area contributed by atoms with Gasteiger partial charge >= 0.3 is 0 Å². The van der Waals surface area contributed by atoms with Gasteiger partial charge in [-0.2, -0.15) is 4.98 Å². The van der Waals surface area contributed by atoms with E-state index in [-0.39, 0.29) is 6.10 Å². The number of pyridine rings is 1. The minimum Gasteiger partial charge on any atom is -0.497 e. The Bertz CT molecular complexity index is 726. The van der Waals surface area contributed by atoms with Crippen molar-refractivity contribution in [2.45, 2.75) is 13.0 Å². The van der Waals surface area contributed by atoms with Crippen molar-refractivity contribution in [3.63, 3.8) is 0 Å². The Hall–Kier alpha value is -2.89.